The smallest absolute Gasteiger partial charge is 0.137 e. The summed E-state index contributed by atoms with van der Waals surface area (Å²) in [4.78, 5) is 0. The van der Waals surface area contributed by atoms with Gasteiger partial charge in [-0.2, -0.15) is 0 Å². The van der Waals surface area contributed by atoms with Gasteiger partial charge in [0.1, 0.15) is 5.76 Å². The minimum atomic E-state index is -0.463. The van der Waals surface area contributed by atoms with E-state index in [0.717, 1.165) is 10.2 Å². The van der Waals surface area contributed by atoms with Crippen LogP contribution in [0.1, 0.15) is 33.5 Å². The molecule has 0 aliphatic heterocycles. The van der Waals surface area contributed by atoms with Gasteiger partial charge in [0.05, 0.1) is 16.3 Å². The van der Waals surface area contributed by atoms with Crippen LogP contribution in [0.3, 0.4) is 0 Å². The summed E-state index contributed by atoms with van der Waals surface area (Å²) in [5.41, 5.74) is 5.74. The Bertz CT molecular complexity index is 296. The summed E-state index contributed by atoms with van der Waals surface area (Å²) in [6.45, 7) is 8.28. The summed E-state index contributed by atoms with van der Waals surface area (Å²) in [6.07, 6.45) is 1.65. The first-order chi connectivity index (χ1) is 5.77. The second kappa shape index (κ2) is 3.14. The molecule has 0 amide bonds. The third-order valence-corrected chi connectivity index (χ3v) is 3.27. The lowest BCUT2D eigenvalue weighted by atomic mass is 9.74. The van der Waals surface area contributed by atoms with E-state index in [1.54, 1.807) is 6.26 Å². The van der Waals surface area contributed by atoms with Gasteiger partial charge in [-0.25, -0.2) is 0 Å². The number of nitrogens with two attached hydrogens (primary N) is 1. The van der Waals surface area contributed by atoms with Crippen LogP contribution in [0, 0.1) is 5.41 Å². The molecule has 1 aromatic heterocycles. The Morgan fingerprint density at radius 3 is 2.15 bits per heavy atom. The summed E-state index contributed by atoms with van der Waals surface area (Å²) < 4.78 is 6.32. The van der Waals surface area contributed by atoms with Crippen molar-refractivity contribution in [2.45, 2.75) is 33.2 Å². The Balaban J connectivity index is 3.15. The SMILES string of the molecule is CC(C)(C)C(C)(N)c1occc1Br. The van der Waals surface area contributed by atoms with Crippen LogP contribution in [-0.4, -0.2) is 0 Å². The maximum absolute atomic E-state index is 6.24. The fraction of sp³-hybridized carbons (Fsp3) is 0.600. The van der Waals surface area contributed by atoms with E-state index in [-0.39, 0.29) is 5.41 Å². The van der Waals surface area contributed by atoms with Gasteiger partial charge in [-0.1, -0.05) is 20.8 Å². The Kier molecular flexibility index (Phi) is 2.61. The van der Waals surface area contributed by atoms with Crippen LogP contribution in [-0.2, 0) is 5.54 Å². The van der Waals surface area contributed by atoms with Crippen molar-refractivity contribution in [3.63, 3.8) is 0 Å². The molecule has 0 bridgehead atoms. The molecule has 0 saturated carbocycles. The fourth-order valence-electron chi connectivity index (χ4n) is 1.00. The van der Waals surface area contributed by atoms with Crippen LogP contribution in [0.5, 0.6) is 0 Å². The largest absolute Gasteiger partial charge is 0.466 e. The molecule has 2 N–H and O–H groups in total. The molecular weight excluding hydrogens is 230 g/mol. The average Bonchev–Trinajstić information content (AvgIpc) is 2.32. The summed E-state index contributed by atoms with van der Waals surface area (Å²) in [7, 11) is 0. The van der Waals surface area contributed by atoms with Crippen LogP contribution >= 0.6 is 15.9 Å². The molecule has 1 atom stereocenters. The van der Waals surface area contributed by atoms with E-state index in [1.807, 2.05) is 13.0 Å². The van der Waals surface area contributed by atoms with Gasteiger partial charge in [0.25, 0.3) is 0 Å². The number of hydrogen-bond acceptors (Lipinski definition) is 2. The Labute approximate surface area is 87.6 Å². The second-order valence-electron chi connectivity index (χ2n) is 4.55. The predicted molar refractivity (Wildman–Crippen MR) is 57.4 cm³/mol. The molecule has 0 aliphatic carbocycles. The van der Waals surface area contributed by atoms with Crippen molar-refractivity contribution in [3.05, 3.63) is 22.6 Å². The lowest BCUT2D eigenvalue weighted by Crippen LogP contribution is -2.45. The molecular formula is C10H16BrNO. The van der Waals surface area contributed by atoms with Crippen LogP contribution in [0.4, 0.5) is 0 Å². The Hall–Kier alpha value is -0.280. The molecule has 0 aromatic carbocycles. The summed E-state index contributed by atoms with van der Waals surface area (Å²) in [5, 5.41) is 0. The zero-order valence-electron chi connectivity index (χ0n) is 8.52. The molecule has 1 aromatic rings. The maximum Gasteiger partial charge on any atom is 0.137 e. The van der Waals surface area contributed by atoms with E-state index in [0.29, 0.717) is 0 Å². The van der Waals surface area contributed by atoms with Crippen molar-refractivity contribution >= 4 is 15.9 Å². The van der Waals surface area contributed by atoms with E-state index < -0.39 is 5.54 Å². The molecule has 0 saturated heterocycles. The molecule has 0 spiro atoms. The Morgan fingerprint density at radius 2 is 1.85 bits per heavy atom. The number of rotatable bonds is 1. The van der Waals surface area contributed by atoms with E-state index >= 15 is 0 Å². The van der Waals surface area contributed by atoms with Gasteiger partial charge in [0.15, 0.2) is 0 Å². The van der Waals surface area contributed by atoms with E-state index in [4.69, 9.17) is 10.2 Å². The molecule has 0 aliphatic rings. The van der Waals surface area contributed by atoms with Crippen molar-refractivity contribution < 1.29 is 4.42 Å². The highest BCUT2D eigenvalue weighted by molar-refractivity contribution is 9.10. The lowest BCUT2D eigenvalue weighted by molar-refractivity contribution is 0.175. The van der Waals surface area contributed by atoms with Crippen LogP contribution in [0.25, 0.3) is 0 Å². The van der Waals surface area contributed by atoms with Crippen LogP contribution in [0.15, 0.2) is 21.2 Å². The second-order valence-corrected chi connectivity index (χ2v) is 5.40. The first-order valence-corrected chi connectivity index (χ1v) is 5.08. The summed E-state index contributed by atoms with van der Waals surface area (Å²) in [6, 6.07) is 1.87. The molecule has 0 fully saturated rings. The molecule has 1 unspecified atom stereocenters. The third-order valence-electron chi connectivity index (χ3n) is 2.65. The van der Waals surface area contributed by atoms with Gasteiger partial charge in [0, 0.05) is 0 Å². The zero-order valence-corrected chi connectivity index (χ0v) is 10.1. The van der Waals surface area contributed by atoms with Crippen LogP contribution < -0.4 is 5.73 Å². The van der Waals surface area contributed by atoms with Crippen molar-refractivity contribution in [3.8, 4) is 0 Å². The van der Waals surface area contributed by atoms with Gasteiger partial charge in [0.2, 0.25) is 0 Å². The van der Waals surface area contributed by atoms with Gasteiger partial charge in [-0.05, 0) is 34.3 Å². The fourth-order valence-corrected chi connectivity index (χ4v) is 1.62. The molecule has 74 valence electrons. The molecule has 0 radical (unpaired) electrons. The zero-order chi connectivity index (χ0) is 10.3. The topological polar surface area (TPSA) is 39.2 Å². The summed E-state index contributed by atoms with van der Waals surface area (Å²) in [5.74, 6) is 0.806. The minimum Gasteiger partial charge on any atom is -0.466 e. The normalized spacial score (nSPS) is 17.1. The predicted octanol–water partition coefficient (Wildman–Crippen LogP) is 3.26. The lowest BCUT2D eigenvalue weighted by Gasteiger charge is -2.36. The highest BCUT2D eigenvalue weighted by atomic mass is 79.9. The Morgan fingerprint density at radius 1 is 1.31 bits per heavy atom. The minimum absolute atomic E-state index is 0.0344. The van der Waals surface area contributed by atoms with Crippen molar-refractivity contribution in [2.75, 3.05) is 0 Å². The van der Waals surface area contributed by atoms with Crippen molar-refractivity contribution in [2.24, 2.45) is 11.1 Å². The highest BCUT2D eigenvalue weighted by Gasteiger charge is 2.39. The van der Waals surface area contributed by atoms with E-state index in [1.165, 1.54) is 0 Å². The van der Waals surface area contributed by atoms with Gasteiger partial charge >= 0.3 is 0 Å². The molecule has 2 nitrogen and oxygen atoms in total. The number of halogens is 1. The first-order valence-electron chi connectivity index (χ1n) is 4.29. The van der Waals surface area contributed by atoms with Crippen LogP contribution in [0.2, 0.25) is 0 Å². The quantitative estimate of drug-likeness (QED) is 0.825. The standard InChI is InChI=1S/C10H16BrNO/c1-9(2,3)10(4,12)8-7(11)5-6-13-8/h5-6H,12H2,1-4H3. The maximum atomic E-state index is 6.24. The molecule has 1 rings (SSSR count). The number of hydrogen-bond donors (Lipinski definition) is 1. The number of furan rings is 1. The van der Waals surface area contributed by atoms with E-state index in [9.17, 15) is 0 Å². The van der Waals surface area contributed by atoms with E-state index in [2.05, 4.69) is 36.7 Å². The van der Waals surface area contributed by atoms with Crippen molar-refractivity contribution in [1.29, 1.82) is 0 Å². The molecule has 13 heavy (non-hydrogen) atoms. The molecule has 3 heteroatoms. The summed E-state index contributed by atoms with van der Waals surface area (Å²) >= 11 is 3.42. The van der Waals surface area contributed by atoms with Gasteiger partial charge in [-0.15, -0.1) is 0 Å². The third kappa shape index (κ3) is 1.81. The average molecular weight is 246 g/mol. The highest BCUT2D eigenvalue weighted by Crippen LogP contribution is 2.40. The van der Waals surface area contributed by atoms with Gasteiger partial charge < -0.3 is 10.2 Å². The van der Waals surface area contributed by atoms with Crippen molar-refractivity contribution in [1.82, 2.24) is 0 Å². The first kappa shape index (κ1) is 10.8. The molecule has 1 heterocycles. The monoisotopic (exact) mass is 245 g/mol. The van der Waals surface area contributed by atoms with Gasteiger partial charge in [-0.3, -0.25) is 0 Å².